The van der Waals surface area contributed by atoms with E-state index in [1.807, 2.05) is 30.5 Å². The van der Waals surface area contributed by atoms with E-state index >= 15 is 0 Å². The van der Waals surface area contributed by atoms with Crippen LogP contribution in [0.25, 0.3) is 11.4 Å². The summed E-state index contributed by atoms with van der Waals surface area (Å²) in [5.41, 5.74) is 1.48. The second-order valence-corrected chi connectivity index (χ2v) is 6.80. The van der Waals surface area contributed by atoms with Gasteiger partial charge in [0.05, 0.1) is 0 Å². The number of benzene rings is 2. The standard InChI is InChI=1S/C18H17FN4OS2/c1-26-15-8-6-14(7-9-15)20-16(24)10-11-23-17(21-22-18(23)25)12-2-4-13(19)5-3-12/h2-9H,10-11H2,1H3,(H,20,24)(H,22,25). The number of nitrogens with one attached hydrogen (secondary N) is 2. The smallest absolute Gasteiger partial charge is 0.226 e. The molecule has 5 nitrogen and oxygen atoms in total. The third kappa shape index (κ3) is 4.39. The van der Waals surface area contributed by atoms with E-state index in [0.29, 0.717) is 17.1 Å². The van der Waals surface area contributed by atoms with Gasteiger partial charge in [0.1, 0.15) is 5.82 Å². The highest BCUT2D eigenvalue weighted by molar-refractivity contribution is 7.98. The van der Waals surface area contributed by atoms with Crippen molar-refractivity contribution in [1.82, 2.24) is 14.8 Å². The molecule has 1 amide bonds. The molecule has 0 aliphatic carbocycles. The van der Waals surface area contributed by atoms with E-state index in [9.17, 15) is 9.18 Å². The van der Waals surface area contributed by atoms with Crippen LogP contribution in [0.2, 0.25) is 0 Å². The summed E-state index contributed by atoms with van der Waals surface area (Å²) in [7, 11) is 0. The summed E-state index contributed by atoms with van der Waals surface area (Å²) in [4.78, 5) is 13.4. The van der Waals surface area contributed by atoms with Gasteiger partial charge in [0.15, 0.2) is 10.6 Å². The number of carbonyl (C=O) groups is 1. The van der Waals surface area contributed by atoms with E-state index in [0.717, 1.165) is 16.1 Å². The van der Waals surface area contributed by atoms with Crippen LogP contribution in [0.15, 0.2) is 53.4 Å². The highest BCUT2D eigenvalue weighted by atomic mass is 32.2. The largest absolute Gasteiger partial charge is 0.326 e. The van der Waals surface area contributed by atoms with Crippen molar-refractivity contribution in [3.8, 4) is 11.4 Å². The van der Waals surface area contributed by atoms with Crippen LogP contribution in [-0.2, 0) is 11.3 Å². The van der Waals surface area contributed by atoms with Crippen molar-refractivity contribution >= 4 is 35.6 Å². The molecular formula is C18H17FN4OS2. The Hall–Kier alpha value is -2.45. The molecule has 26 heavy (non-hydrogen) atoms. The molecule has 134 valence electrons. The van der Waals surface area contributed by atoms with Crippen molar-refractivity contribution < 1.29 is 9.18 Å². The quantitative estimate of drug-likeness (QED) is 0.482. The first-order valence-corrected chi connectivity index (χ1v) is 9.55. The zero-order valence-corrected chi connectivity index (χ0v) is 15.7. The molecule has 2 N–H and O–H groups in total. The van der Waals surface area contributed by atoms with Gasteiger partial charge in [0.25, 0.3) is 0 Å². The van der Waals surface area contributed by atoms with E-state index in [2.05, 4.69) is 15.5 Å². The molecule has 1 aromatic heterocycles. The van der Waals surface area contributed by atoms with Crippen molar-refractivity contribution in [3.63, 3.8) is 0 Å². The van der Waals surface area contributed by atoms with Gasteiger partial charge in [-0.05, 0) is 67.0 Å². The van der Waals surface area contributed by atoms with Crippen molar-refractivity contribution in [1.29, 1.82) is 0 Å². The van der Waals surface area contributed by atoms with Crippen LogP contribution >= 0.6 is 24.0 Å². The van der Waals surface area contributed by atoms with Crippen LogP contribution in [0.4, 0.5) is 10.1 Å². The summed E-state index contributed by atoms with van der Waals surface area (Å²) in [6, 6.07) is 13.6. The van der Waals surface area contributed by atoms with Crippen LogP contribution in [0, 0.1) is 10.6 Å². The van der Waals surface area contributed by atoms with Gasteiger partial charge < -0.3 is 5.32 Å². The maximum Gasteiger partial charge on any atom is 0.226 e. The van der Waals surface area contributed by atoms with Crippen molar-refractivity contribution in [2.24, 2.45) is 0 Å². The first-order valence-electron chi connectivity index (χ1n) is 7.92. The van der Waals surface area contributed by atoms with Gasteiger partial charge in [-0.25, -0.2) is 4.39 Å². The Morgan fingerprint density at radius 3 is 2.58 bits per heavy atom. The molecule has 0 aliphatic heterocycles. The summed E-state index contributed by atoms with van der Waals surface area (Å²) >= 11 is 6.89. The number of H-pyrrole nitrogens is 1. The van der Waals surface area contributed by atoms with Gasteiger partial charge >= 0.3 is 0 Å². The minimum Gasteiger partial charge on any atom is -0.326 e. The lowest BCUT2D eigenvalue weighted by molar-refractivity contribution is -0.116. The lowest BCUT2D eigenvalue weighted by atomic mass is 10.2. The summed E-state index contributed by atoms with van der Waals surface area (Å²) < 4.78 is 15.3. The summed E-state index contributed by atoms with van der Waals surface area (Å²) in [6.45, 7) is 0.372. The van der Waals surface area contributed by atoms with Crippen LogP contribution in [0.1, 0.15) is 6.42 Å². The predicted octanol–water partition coefficient (Wildman–Crippen LogP) is 4.50. The van der Waals surface area contributed by atoms with E-state index in [4.69, 9.17) is 12.2 Å². The Bertz CT molecular complexity index is 949. The molecule has 3 rings (SSSR count). The molecule has 1 heterocycles. The van der Waals surface area contributed by atoms with Gasteiger partial charge in [-0.1, -0.05) is 0 Å². The monoisotopic (exact) mass is 388 g/mol. The number of nitrogens with zero attached hydrogens (tertiary/aromatic N) is 2. The second kappa shape index (κ2) is 8.29. The van der Waals surface area contributed by atoms with Crippen LogP contribution in [0.5, 0.6) is 0 Å². The first-order chi connectivity index (χ1) is 12.6. The normalized spacial score (nSPS) is 10.7. The molecule has 0 unspecified atom stereocenters. The third-order valence-corrected chi connectivity index (χ3v) is 4.85. The molecule has 0 radical (unpaired) electrons. The molecule has 2 aromatic carbocycles. The van der Waals surface area contributed by atoms with E-state index in [1.54, 1.807) is 28.5 Å². The molecule has 0 spiro atoms. The topological polar surface area (TPSA) is 62.7 Å². The molecule has 8 heteroatoms. The first kappa shape index (κ1) is 18.3. The van der Waals surface area contributed by atoms with Crippen LogP contribution < -0.4 is 5.32 Å². The average Bonchev–Trinajstić information content (AvgIpc) is 3.02. The molecule has 3 aromatic rings. The van der Waals surface area contributed by atoms with Gasteiger partial charge in [0.2, 0.25) is 5.91 Å². The van der Waals surface area contributed by atoms with Crippen LogP contribution in [0.3, 0.4) is 0 Å². The summed E-state index contributed by atoms with van der Waals surface area (Å²) in [5.74, 6) is 0.142. The Morgan fingerprint density at radius 2 is 1.92 bits per heavy atom. The zero-order chi connectivity index (χ0) is 18.5. The molecule has 0 atom stereocenters. The number of halogens is 1. The van der Waals surface area contributed by atoms with Crippen molar-refractivity contribution in [3.05, 3.63) is 59.1 Å². The summed E-state index contributed by atoms with van der Waals surface area (Å²) in [5, 5.41) is 9.78. The number of hydrogen-bond acceptors (Lipinski definition) is 4. The fraction of sp³-hybridized carbons (Fsp3) is 0.167. The fourth-order valence-electron chi connectivity index (χ4n) is 2.46. The second-order valence-electron chi connectivity index (χ2n) is 5.54. The van der Waals surface area contributed by atoms with Crippen molar-refractivity contribution in [2.75, 3.05) is 11.6 Å². The van der Waals surface area contributed by atoms with E-state index in [1.165, 1.54) is 12.1 Å². The Labute approximate surface area is 159 Å². The number of amides is 1. The molecule has 0 aliphatic rings. The molecule has 0 saturated carbocycles. The number of aromatic nitrogens is 3. The third-order valence-electron chi connectivity index (χ3n) is 3.80. The Morgan fingerprint density at radius 1 is 1.23 bits per heavy atom. The average molecular weight is 388 g/mol. The number of hydrogen-bond donors (Lipinski definition) is 2. The highest BCUT2D eigenvalue weighted by Gasteiger charge is 2.11. The van der Waals surface area contributed by atoms with Gasteiger partial charge in [-0.2, -0.15) is 5.10 Å². The number of anilines is 1. The lowest BCUT2D eigenvalue weighted by Gasteiger charge is -2.08. The Balaban J connectivity index is 1.67. The number of carbonyl (C=O) groups excluding carboxylic acids is 1. The maximum atomic E-state index is 13.1. The molecule has 0 bridgehead atoms. The van der Waals surface area contributed by atoms with Crippen LogP contribution in [-0.4, -0.2) is 26.9 Å². The summed E-state index contributed by atoms with van der Waals surface area (Å²) in [6.07, 6.45) is 2.24. The van der Waals surface area contributed by atoms with Gasteiger partial charge in [0, 0.05) is 29.1 Å². The van der Waals surface area contributed by atoms with Gasteiger partial charge in [-0.3, -0.25) is 14.5 Å². The van der Waals surface area contributed by atoms with Gasteiger partial charge in [-0.15, -0.1) is 11.8 Å². The Kier molecular flexibility index (Phi) is 5.85. The minimum absolute atomic E-state index is 0.116. The highest BCUT2D eigenvalue weighted by Crippen LogP contribution is 2.19. The van der Waals surface area contributed by atoms with E-state index < -0.39 is 0 Å². The van der Waals surface area contributed by atoms with E-state index in [-0.39, 0.29) is 18.1 Å². The SMILES string of the molecule is CSc1ccc(NC(=O)CCn2c(-c3ccc(F)cc3)n[nH]c2=S)cc1. The number of rotatable bonds is 6. The lowest BCUT2D eigenvalue weighted by Crippen LogP contribution is -2.15. The molecule has 0 saturated heterocycles. The maximum absolute atomic E-state index is 13.1. The van der Waals surface area contributed by atoms with Crippen molar-refractivity contribution in [2.45, 2.75) is 17.9 Å². The number of thioether (sulfide) groups is 1. The predicted molar refractivity (Wildman–Crippen MR) is 104 cm³/mol. The zero-order valence-electron chi connectivity index (χ0n) is 14.0. The fourth-order valence-corrected chi connectivity index (χ4v) is 3.09. The molecule has 0 fully saturated rings. The number of aromatic amines is 1. The minimum atomic E-state index is -0.318. The molecular weight excluding hydrogens is 371 g/mol.